The SMILES string of the molecule is CCNC(=NCc1cccc(NC(=O)C(C)CC)c1)NCCc1ccc2c(c1)CCO2. The lowest BCUT2D eigenvalue weighted by molar-refractivity contribution is -0.119. The van der Waals surface area contributed by atoms with Gasteiger partial charge in [-0.25, -0.2) is 4.99 Å². The number of anilines is 1. The van der Waals surface area contributed by atoms with Gasteiger partial charge in [-0.05, 0) is 54.7 Å². The summed E-state index contributed by atoms with van der Waals surface area (Å²) in [4.78, 5) is 16.8. The third kappa shape index (κ3) is 6.74. The van der Waals surface area contributed by atoms with E-state index in [-0.39, 0.29) is 11.8 Å². The Kier molecular flexibility index (Phi) is 8.33. The first kappa shape index (κ1) is 22.7. The van der Waals surface area contributed by atoms with Crippen LogP contribution >= 0.6 is 0 Å². The highest BCUT2D eigenvalue weighted by Crippen LogP contribution is 2.25. The Bertz CT molecular complexity index is 910. The molecule has 6 heteroatoms. The highest BCUT2D eigenvalue weighted by Gasteiger charge is 2.12. The molecule has 166 valence electrons. The Hall–Kier alpha value is -3.02. The van der Waals surface area contributed by atoms with Crippen molar-refractivity contribution in [1.29, 1.82) is 0 Å². The fourth-order valence-corrected chi connectivity index (χ4v) is 3.43. The Balaban J connectivity index is 1.54. The number of hydrogen-bond donors (Lipinski definition) is 3. The summed E-state index contributed by atoms with van der Waals surface area (Å²) in [5, 5.41) is 9.70. The third-order valence-corrected chi connectivity index (χ3v) is 5.48. The number of hydrogen-bond acceptors (Lipinski definition) is 3. The largest absolute Gasteiger partial charge is 0.493 e. The van der Waals surface area contributed by atoms with E-state index < -0.39 is 0 Å². The molecule has 2 aromatic rings. The van der Waals surface area contributed by atoms with Gasteiger partial charge in [-0.3, -0.25) is 4.79 Å². The van der Waals surface area contributed by atoms with Crippen LogP contribution in [0.4, 0.5) is 5.69 Å². The minimum absolute atomic E-state index is 0.00410. The summed E-state index contributed by atoms with van der Waals surface area (Å²) in [6, 6.07) is 14.3. The normalized spacial score (nSPS) is 13.8. The summed E-state index contributed by atoms with van der Waals surface area (Å²) >= 11 is 0. The van der Waals surface area contributed by atoms with E-state index >= 15 is 0 Å². The zero-order valence-corrected chi connectivity index (χ0v) is 18.8. The van der Waals surface area contributed by atoms with E-state index in [0.717, 1.165) is 61.9 Å². The topological polar surface area (TPSA) is 74.8 Å². The van der Waals surface area contributed by atoms with Crippen LogP contribution in [0, 0.1) is 5.92 Å². The fourth-order valence-electron chi connectivity index (χ4n) is 3.43. The van der Waals surface area contributed by atoms with Crippen LogP contribution < -0.4 is 20.7 Å². The monoisotopic (exact) mass is 422 g/mol. The van der Waals surface area contributed by atoms with Crippen molar-refractivity contribution < 1.29 is 9.53 Å². The number of ether oxygens (including phenoxy) is 1. The smallest absolute Gasteiger partial charge is 0.227 e. The average Bonchev–Trinajstić information content (AvgIpc) is 3.25. The molecule has 1 unspecified atom stereocenters. The van der Waals surface area contributed by atoms with Crippen LogP contribution in [0.1, 0.15) is 43.9 Å². The number of fused-ring (bicyclic) bond motifs is 1. The molecule has 31 heavy (non-hydrogen) atoms. The molecule has 6 nitrogen and oxygen atoms in total. The minimum atomic E-state index is 0.00410. The standard InChI is InChI=1S/C25H34N4O2/c1-4-18(3)24(30)29-22-8-6-7-20(16-22)17-28-25(26-5-2)27-13-11-19-9-10-23-21(15-19)12-14-31-23/h6-10,15-16,18H,4-5,11-14,17H2,1-3H3,(H,29,30)(H2,26,27,28). The van der Waals surface area contributed by atoms with Crippen LogP contribution in [0.25, 0.3) is 0 Å². The maximum absolute atomic E-state index is 12.1. The van der Waals surface area contributed by atoms with E-state index in [9.17, 15) is 4.79 Å². The highest BCUT2D eigenvalue weighted by molar-refractivity contribution is 5.92. The second-order valence-corrected chi connectivity index (χ2v) is 7.91. The molecule has 0 fully saturated rings. The number of carbonyl (C=O) groups is 1. The van der Waals surface area contributed by atoms with Gasteiger partial charge in [0.05, 0.1) is 13.2 Å². The minimum Gasteiger partial charge on any atom is -0.493 e. The van der Waals surface area contributed by atoms with Gasteiger partial charge in [0, 0.05) is 31.1 Å². The molecule has 1 aliphatic heterocycles. The van der Waals surface area contributed by atoms with E-state index in [4.69, 9.17) is 9.73 Å². The van der Waals surface area contributed by atoms with Gasteiger partial charge in [-0.2, -0.15) is 0 Å². The molecule has 0 aromatic heterocycles. The molecular weight excluding hydrogens is 388 g/mol. The van der Waals surface area contributed by atoms with Crippen molar-refractivity contribution in [3.05, 3.63) is 59.2 Å². The molecule has 0 spiro atoms. The molecule has 1 aliphatic rings. The molecule has 2 aromatic carbocycles. The highest BCUT2D eigenvalue weighted by atomic mass is 16.5. The van der Waals surface area contributed by atoms with E-state index in [2.05, 4.69) is 41.1 Å². The second-order valence-electron chi connectivity index (χ2n) is 7.91. The Morgan fingerprint density at radius 2 is 2.00 bits per heavy atom. The number of guanidine groups is 1. The molecule has 3 N–H and O–H groups in total. The molecule has 0 radical (unpaired) electrons. The summed E-state index contributed by atoms with van der Waals surface area (Å²) < 4.78 is 5.58. The van der Waals surface area contributed by atoms with Gasteiger partial charge >= 0.3 is 0 Å². The number of rotatable bonds is 9. The third-order valence-electron chi connectivity index (χ3n) is 5.48. The molecule has 1 heterocycles. The lowest BCUT2D eigenvalue weighted by Crippen LogP contribution is -2.38. The number of amides is 1. The van der Waals surface area contributed by atoms with Crippen LogP contribution in [0.15, 0.2) is 47.5 Å². The summed E-state index contributed by atoms with van der Waals surface area (Å²) in [7, 11) is 0. The quantitative estimate of drug-likeness (QED) is 0.423. The van der Waals surface area contributed by atoms with Crippen molar-refractivity contribution in [2.75, 3.05) is 25.0 Å². The van der Waals surface area contributed by atoms with Crippen LogP contribution in [0.2, 0.25) is 0 Å². The number of nitrogens with one attached hydrogen (secondary N) is 3. The van der Waals surface area contributed by atoms with Crippen LogP contribution in [0.3, 0.4) is 0 Å². The van der Waals surface area contributed by atoms with Crippen molar-refractivity contribution >= 4 is 17.6 Å². The van der Waals surface area contributed by atoms with Crippen molar-refractivity contribution in [3.63, 3.8) is 0 Å². The van der Waals surface area contributed by atoms with E-state index in [1.54, 1.807) is 0 Å². The molecule has 3 rings (SSSR count). The van der Waals surface area contributed by atoms with Crippen molar-refractivity contribution in [3.8, 4) is 5.75 Å². The molecular formula is C25H34N4O2. The average molecular weight is 423 g/mol. The van der Waals surface area contributed by atoms with Gasteiger partial charge in [0.1, 0.15) is 5.75 Å². The number of benzene rings is 2. The van der Waals surface area contributed by atoms with Crippen molar-refractivity contribution in [2.24, 2.45) is 10.9 Å². The lowest BCUT2D eigenvalue weighted by Gasteiger charge is -2.13. The fraction of sp³-hybridized carbons (Fsp3) is 0.440. The van der Waals surface area contributed by atoms with Crippen LogP contribution in [-0.2, 0) is 24.2 Å². The Morgan fingerprint density at radius 3 is 2.81 bits per heavy atom. The van der Waals surface area contributed by atoms with E-state index in [0.29, 0.717) is 6.54 Å². The molecule has 0 bridgehead atoms. The molecule has 0 saturated heterocycles. The molecule has 1 atom stereocenters. The summed E-state index contributed by atoms with van der Waals surface area (Å²) in [6.07, 6.45) is 2.75. The van der Waals surface area contributed by atoms with Crippen LogP contribution in [-0.4, -0.2) is 31.6 Å². The maximum Gasteiger partial charge on any atom is 0.227 e. The zero-order chi connectivity index (χ0) is 22.1. The predicted octanol–water partition coefficient (Wildman–Crippen LogP) is 3.90. The number of aliphatic imine (C=N–C) groups is 1. The number of carbonyl (C=O) groups excluding carboxylic acids is 1. The summed E-state index contributed by atoms with van der Waals surface area (Å²) in [5.41, 5.74) is 4.48. The van der Waals surface area contributed by atoms with Gasteiger partial charge in [-0.1, -0.05) is 38.1 Å². The summed E-state index contributed by atoms with van der Waals surface area (Å²) in [6.45, 7) is 8.94. The number of nitrogens with zero attached hydrogens (tertiary/aromatic N) is 1. The molecule has 1 amide bonds. The summed E-state index contributed by atoms with van der Waals surface area (Å²) in [5.74, 6) is 1.87. The van der Waals surface area contributed by atoms with E-state index in [1.807, 2.05) is 38.1 Å². The van der Waals surface area contributed by atoms with Gasteiger partial charge in [0.15, 0.2) is 5.96 Å². The zero-order valence-electron chi connectivity index (χ0n) is 18.8. The Morgan fingerprint density at radius 1 is 1.13 bits per heavy atom. The lowest BCUT2D eigenvalue weighted by atomic mass is 10.1. The van der Waals surface area contributed by atoms with E-state index in [1.165, 1.54) is 11.1 Å². The van der Waals surface area contributed by atoms with Crippen molar-refractivity contribution in [2.45, 2.75) is 46.6 Å². The maximum atomic E-state index is 12.1. The van der Waals surface area contributed by atoms with Gasteiger partial charge in [-0.15, -0.1) is 0 Å². The van der Waals surface area contributed by atoms with Crippen LogP contribution in [0.5, 0.6) is 5.75 Å². The second kappa shape index (κ2) is 11.4. The predicted molar refractivity (Wildman–Crippen MR) is 127 cm³/mol. The van der Waals surface area contributed by atoms with Gasteiger partial charge in [0.2, 0.25) is 5.91 Å². The molecule has 0 aliphatic carbocycles. The van der Waals surface area contributed by atoms with Crippen molar-refractivity contribution in [1.82, 2.24) is 10.6 Å². The first-order valence-corrected chi connectivity index (χ1v) is 11.3. The first-order valence-electron chi connectivity index (χ1n) is 11.3. The molecule has 0 saturated carbocycles. The Labute approximate surface area is 185 Å². The van der Waals surface area contributed by atoms with Gasteiger partial charge < -0.3 is 20.7 Å². The first-order chi connectivity index (χ1) is 15.1. The van der Waals surface area contributed by atoms with Gasteiger partial charge in [0.25, 0.3) is 0 Å².